The van der Waals surface area contributed by atoms with Gasteiger partial charge in [-0.15, -0.1) is 16.4 Å². The van der Waals surface area contributed by atoms with Gasteiger partial charge in [-0.3, -0.25) is 9.59 Å². The molecule has 1 aliphatic rings. The Morgan fingerprint density at radius 3 is 2.95 bits per heavy atom. The smallest absolute Gasteiger partial charge is 0.240 e. The average molecular weight is 324 g/mol. The summed E-state index contributed by atoms with van der Waals surface area (Å²) in [5.41, 5.74) is 0.800. The van der Waals surface area contributed by atoms with Gasteiger partial charge in [-0.25, -0.2) is 0 Å². The lowest BCUT2D eigenvalue weighted by Crippen LogP contribution is -2.30. The third-order valence-corrected chi connectivity index (χ3v) is 4.48. The van der Waals surface area contributed by atoms with Gasteiger partial charge in [-0.05, 0) is 25.3 Å². The number of nitrogens with zero attached hydrogens (tertiary/aromatic N) is 2. The van der Waals surface area contributed by atoms with Crippen LogP contribution in [-0.2, 0) is 16.1 Å². The number of carbonyl (C=O) groups excluding carboxylic acids is 2. The summed E-state index contributed by atoms with van der Waals surface area (Å²) in [5, 5.41) is 15.2. The first-order valence-electron chi connectivity index (χ1n) is 6.40. The molecule has 1 saturated heterocycles. The molecule has 1 aromatic heterocycles. The highest BCUT2D eigenvalue weighted by Crippen LogP contribution is 2.22. The number of thiophene rings is 1. The summed E-state index contributed by atoms with van der Waals surface area (Å²) in [4.78, 5) is 24.7. The molecule has 1 atom stereocenters. The standard InChI is InChI=1S/C13H16N4O2S2/c1-8(2)16-17-13-15-12(19)10(21-13)6-11(18)14-7-9-4-3-5-20-9/h3-5,10H,6-7H2,1-2H3,(H,14,18)(H,15,17,19). The van der Waals surface area contributed by atoms with E-state index in [0.29, 0.717) is 11.7 Å². The fourth-order valence-electron chi connectivity index (χ4n) is 1.57. The van der Waals surface area contributed by atoms with E-state index in [1.807, 2.05) is 31.4 Å². The van der Waals surface area contributed by atoms with Gasteiger partial charge in [0.25, 0.3) is 0 Å². The summed E-state index contributed by atoms with van der Waals surface area (Å²) >= 11 is 2.82. The average Bonchev–Trinajstić information content (AvgIpc) is 3.05. The number of rotatable bonds is 5. The molecule has 1 fully saturated rings. The second kappa shape index (κ2) is 7.37. The molecule has 0 aliphatic carbocycles. The molecular formula is C13H16N4O2S2. The number of thioether (sulfide) groups is 1. The van der Waals surface area contributed by atoms with Gasteiger partial charge in [0.15, 0.2) is 5.17 Å². The van der Waals surface area contributed by atoms with Gasteiger partial charge in [0, 0.05) is 17.0 Å². The highest BCUT2D eigenvalue weighted by atomic mass is 32.2. The summed E-state index contributed by atoms with van der Waals surface area (Å²) in [6, 6.07) is 3.89. The Morgan fingerprint density at radius 1 is 1.48 bits per heavy atom. The van der Waals surface area contributed by atoms with Crippen molar-refractivity contribution in [3.63, 3.8) is 0 Å². The summed E-state index contributed by atoms with van der Waals surface area (Å²) in [6.45, 7) is 4.14. The number of nitrogens with one attached hydrogen (secondary N) is 2. The number of hydrogen-bond donors (Lipinski definition) is 2. The van der Waals surface area contributed by atoms with Crippen LogP contribution in [0.15, 0.2) is 27.7 Å². The van der Waals surface area contributed by atoms with Gasteiger partial charge in [0.05, 0.1) is 6.54 Å². The second-order valence-corrected chi connectivity index (χ2v) is 6.83. The van der Waals surface area contributed by atoms with Crippen LogP contribution in [0.1, 0.15) is 25.1 Å². The topological polar surface area (TPSA) is 82.9 Å². The number of amidine groups is 1. The molecule has 2 heterocycles. The zero-order chi connectivity index (χ0) is 15.2. The summed E-state index contributed by atoms with van der Waals surface area (Å²) in [5.74, 6) is -0.346. The van der Waals surface area contributed by atoms with Crippen LogP contribution in [-0.4, -0.2) is 27.9 Å². The molecule has 0 saturated carbocycles. The molecule has 0 spiro atoms. The molecule has 0 radical (unpaired) electrons. The predicted molar refractivity (Wildman–Crippen MR) is 86.5 cm³/mol. The Balaban J connectivity index is 1.82. The van der Waals surface area contributed by atoms with Crippen molar-refractivity contribution in [1.82, 2.24) is 10.6 Å². The van der Waals surface area contributed by atoms with Crippen LogP contribution < -0.4 is 10.6 Å². The monoisotopic (exact) mass is 324 g/mol. The third kappa shape index (κ3) is 4.98. The van der Waals surface area contributed by atoms with E-state index in [9.17, 15) is 9.59 Å². The van der Waals surface area contributed by atoms with Gasteiger partial charge in [-0.1, -0.05) is 17.8 Å². The van der Waals surface area contributed by atoms with Gasteiger partial charge < -0.3 is 10.6 Å². The van der Waals surface area contributed by atoms with Gasteiger partial charge in [-0.2, -0.15) is 5.10 Å². The molecule has 0 bridgehead atoms. The Hall–Kier alpha value is -1.67. The maximum Gasteiger partial charge on any atom is 0.240 e. The van der Waals surface area contributed by atoms with Crippen LogP contribution in [0.25, 0.3) is 0 Å². The molecule has 2 N–H and O–H groups in total. The van der Waals surface area contributed by atoms with E-state index in [-0.39, 0.29) is 18.2 Å². The minimum Gasteiger partial charge on any atom is -0.351 e. The van der Waals surface area contributed by atoms with Crippen LogP contribution >= 0.6 is 23.1 Å². The normalized spacial score (nSPS) is 19.4. The first-order chi connectivity index (χ1) is 10.0. The van der Waals surface area contributed by atoms with E-state index in [2.05, 4.69) is 20.8 Å². The zero-order valence-corrected chi connectivity index (χ0v) is 13.4. The second-order valence-electron chi connectivity index (χ2n) is 4.61. The molecule has 2 rings (SSSR count). The van der Waals surface area contributed by atoms with E-state index >= 15 is 0 Å². The van der Waals surface area contributed by atoms with Crippen molar-refractivity contribution in [3.05, 3.63) is 22.4 Å². The van der Waals surface area contributed by atoms with Gasteiger partial charge in [0.2, 0.25) is 11.8 Å². The largest absolute Gasteiger partial charge is 0.351 e. The third-order valence-electron chi connectivity index (χ3n) is 2.53. The SMILES string of the molecule is CC(C)=NN=C1NC(=O)C(CC(=O)NCc2cccs2)S1. The van der Waals surface area contributed by atoms with Crippen molar-refractivity contribution in [2.24, 2.45) is 10.2 Å². The first-order valence-corrected chi connectivity index (χ1v) is 8.16. The zero-order valence-electron chi connectivity index (χ0n) is 11.8. The maximum absolute atomic E-state index is 11.8. The van der Waals surface area contributed by atoms with Crippen LogP contribution in [0, 0.1) is 0 Å². The molecule has 1 aromatic rings. The van der Waals surface area contributed by atoms with Crippen LogP contribution in [0.2, 0.25) is 0 Å². The molecule has 21 heavy (non-hydrogen) atoms. The van der Waals surface area contributed by atoms with Crippen LogP contribution in [0.5, 0.6) is 0 Å². The number of amides is 2. The minimum absolute atomic E-state index is 0.135. The summed E-state index contributed by atoms with van der Waals surface area (Å²) in [6.07, 6.45) is 0.135. The Morgan fingerprint density at radius 2 is 2.29 bits per heavy atom. The van der Waals surface area contributed by atoms with E-state index in [4.69, 9.17) is 0 Å². The minimum atomic E-state index is -0.445. The fraction of sp³-hybridized carbons (Fsp3) is 0.385. The molecule has 6 nitrogen and oxygen atoms in total. The van der Waals surface area contributed by atoms with E-state index in [0.717, 1.165) is 10.6 Å². The van der Waals surface area contributed by atoms with Crippen molar-refractivity contribution < 1.29 is 9.59 Å². The van der Waals surface area contributed by atoms with E-state index < -0.39 is 5.25 Å². The Labute approximate surface area is 131 Å². The molecule has 1 unspecified atom stereocenters. The van der Waals surface area contributed by atoms with Crippen molar-refractivity contribution in [1.29, 1.82) is 0 Å². The van der Waals surface area contributed by atoms with Crippen molar-refractivity contribution in [3.8, 4) is 0 Å². The Bertz CT molecular complexity index is 577. The fourth-order valence-corrected chi connectivity index (χ4v) is 3.13. The highest BCUT2D eigenvalue weighted by molar-refractivity contribution is 8.15. The van der Waals surface area contributed by atoms with Gasteiger partial charge in [0.1, 0.15) is 5.25 Å². The molecule has 2 amide bonds. The maximum atomic E-state index is 11.8. The lowest BCUT2D eigenvalue weighted by Gasteiger charge is -2.06. The molecular weight excluding hydrogens is 308 g/mol. The van der Waals surface area contributed by atoms with Crippen molar-refractivity contribution in [2.45, 2.75) is 32.1 Å². The van der Waals surface area contributed by atoms with Crippen LogP contribution in [0.4, 0.5) is 0 Å². The predicted octanol–water partition coefficient (Wildman–Crippen LogP) is 1.74. The van der Waals surface area contributed by atoms with Gasteiger partial charge >= 0.3 is 0 Å². The lowest BCUT2D eigenvalue weighted by molar-refractivity contribution is -0.125. The summed E-state index contributed by atoms with van der Waals surface area (Å²) < 4.78 is 0. The molecule has 1 aliphatic heterocycles. The lowest BCUT2D eigenvalue weighted by atomic mass is 10.2. The molecule has 8 heteroatoms. The number of hydrogen-bond acceptors (Lipinski definition) is 6. The first kappa shape index (κ1) is 15.7. The molecule has 112 valence electrons. The highest BCUT2D eigenvalue weighted by Gasteiger charge is 2.32. The van der Waals surface area contributed by atoms with Crippen LogP contribution in [0.3, 0.4) is 0 Å². The van der Waals surface area contributed by atoms with E-state index in [1.165, 1.54) is 11.8 Å². The Kier molecular flexibility index (Phi) is 5.51. The van der Waals surface area contributed by atoms with Crippen molar-refractivity contribution in [2.75, 3.05) is 0 Å². The summed E-state index contributed by atoms with van der Waals surface area (Å²) in [7, 11) is 0. The quantitative estimate of drug-likeness (QED) is 0.639. The molecule has 0 aromatic carbocycles. The van der Waals surface area contributed by atoms with E-state index in [1.54, 1.807) is 11.3 Å². The number of carbonyl (C=O) groups is 2. The van der Waals surface area contributed by atoms with Crippen molar-refractivity contribution >= 4 is 45.8 Å².